The average molecular weight is 200 g/mol. The highest BCUT2D eigenvalue weighted by Crippen LogP contribution is 2.43. The van der Waals surface area contributed by atoms with Gasteiger partial charge in [0.25, 0.3) is 0 Å². The number of hydrogen-bond acceptors (Lipinski definition) is 0. The van der Waals surface area contributed by atoms with Gasteiger partial charge < -0.3 is 0 Å². The van der Waals surface area contributed by atoms with Crippen molar-refractivity contribution in [1.29, 1.82) is 0 Å². The molecule has 0 bridgehead atoms. The SMILES string of the molecule is CC(C)C1=Cc2ccccc2C1C(C)C. The zero-order valence-corrected chi connectivity index (χ0v) is 10.1. The molecular formula is C15H20. The first-order valence-electron chi connectivity index (χ1n) is 5.91. The van der Waals surface area contributed by atoms with E-state index in [-0.39, 0.29) is 0 Å². The molecule has 1 aliphatic carbocycles. The Bertz CT molecular complexity index is 383. The quantitative estimate of drug-likeness (QED) is 0.660. The van der Waals surface area contributed by atoms with Crippen LogP contribution in [-0.4, -0.2) is 0 Å². The van der Waals surface area contributed by atoms with Crippen LogP contribution in [-0.2, 0) is 0 Å². The topological polar surface area (TPSA) is 0 Å². The number of hydrogen-bond donors (Lipinski definition) is 0. The molecule has 0 heteroatoms. The number of fused-ring (bicyclic) bond motifs is 1. The summed E-state index contributed by atoms with van der Waals surface area (Å²) in [6.45, 7) is 9.24. The Hall–Kier alpha value is -1.04. The van der Waals surface area contributed by atoms with Crippen LogP contribution < -0.4 is 0 Å². The van der Waals surface area contributed by atoms with Crippen LogP contribution in [0.1, 0.15) is 44.7 Å². The van der Waals surface area contributed by atoms with Crippen LogP contribution in [0.5, 0.6) is 0 Å². The maximum atomic E-state index is 2.39. The summed E-state index contributed by atoms with van der Waals surface area (Å²) in [5.41, 5.74) is 4.56. The number of rotatable bonds is 2. The van der Waals surface area contributed by atoms with E-state index in [0.717, 1.165) is 0 Å². The van der Waals surface area contributed by atoms with E-state index < -0.39 is 0 Å². The van der Waals surface area contributed by atoms with Crippen molar-refractivity contribution < 1.29 is 0 Å². The van der Waals surface area contributed by atoms with Crippen LogP contribution >= 0.6 is 0 Å². The molecule has 0 spiro atoms. The standard InChI is InChI=1S/C15H20/c1-10(2)14-9-12-7-5-6-8-13(12)15(14)11(3)4/h5-11,15H,1-4H3. The lowest BCUT2D eigenvalue weighted by molar-refractivity contribution is 0.522. The Kier molecular flexibility index (Phi) is 2.68. The Morgan fingerprint density at radius 2 is 1.67 bits per heavy atom. The fourth-order valence-corrected chi connectivity index (χ4v) is 2.64. The highest BCUT2D eigenvalue weighted by molar-refractivity contribution is 5.67. The molecule has 0 N–H and O–H groups in total. The molecule has 0 heterocycles. The fourth-order valence-electron chi connectivity index (χ4n) is 2.64. The van der Waals surface area contributed by atoms with Gasteiger partial charge in [-0.25, -0.2) is 0 Å². The first-order chi connectivity index (χ1) is 7.11. The fraction of sp³-hybridized carbons (Fsp3) is 0.467. The van der Waals surface area contributed by atoms with E-state index in [0.29, 0.717) is 17.8 Å². The maximum Gasteiger partial charge on any atom is 0.00830 e. The third-order valence-electron chi connectivity index (χ3n) is 3.35. The van der Waals surface area contributed by atoms with E-state index in [2.05, 4.69) is 58.0 Å². The Morgan fingerprint density at radius 1 is 1.00 bits per heavy atom. The van der Waals surface area contributed by atoms with Crippen LogP contribution in [0.15, 0.2) is 29.8 Å². The molecule has 0 aromatic heterocycles. The Balaban J connectivity index is 2.47. The first-order valence-corrected chi connectivity index (χ1v) is 5.91. The average Bonchev–Trinajstić information content (AvgIpc) is 2.56. The van der Waals surface area contributed by atoms with Gasteiger partial charge in [0.2, 0.25) is 0 Å². The predicted molar refractivity (Wildman–Crippen MR) is 66.8 cm³/mol. The summed E-state index contributed by atoms with van der Waals surface area (Å²) in [4.78, 5) is 0. The van der Waals surface area contributed by atoms with Crippen molar-refractivity contribution in [2.24, 2.45) is 11.8 Å². The minimum absolute atomic E-state index is 0.640. The predicted octanol–water partition coefficient (Wildman–Crippen LogP) is 4.48. The van der Waals surface area contributed by atoms with Gasteiger partial charge in [0.15, 0.2) is 0 Å². The normalized spacial score (nSPS) is 19.6. The molecule has 1 atom stereocenters. The van der Waals surface area contributed by atoms with Gasteiger partial charge in [-0.15, -0.1) is 0 Å². The molecule has 1 aromatic rings. The summed E-state index contributed by atoms with van der Waals surface area (Å²) < 4.78 is 0. The van der Waals surface area contributed by atoms with Crippen LogP contribution in [0.4, 0.5) is 0 Å². The van der Waals surface area contributed by atoms with E-state index in [9.17, 15) is 0 Å². The molecule has 1 unspecified atom stereocenters. The summed E-state index contributed by atoms with van der Waals surface area (Å²) in [5, 5.41) is 0. The minimum Gasteiger partial charge on any atom is -0.0619 e. The largest absolute Gasteiger partial charge is 0.0619 e. The molecule has 0 aliphatic heterocycles. The van der Waals surface area contributed by atoms with Crippen molar-refractivity contribution in [2.75, 3.05) is 0 Å². The summed E-state index contributed by atoms with van der Waals surface area (Å²) in [6, 6.07) is 8.81. The Morgan fingerprint density at radius 3 is 2.27 bits per heavy atom. The molecule has 0 amide bonds. The van der Waals surface area contributed by atoms with Crippen molar-refractivity contribution in [3.8, 4) is 0 Å². The molecule has 1 aliphatic rings. The van der Waals surface area contributed by atoms with Crippen LogP contribution in [0.2, 0.25) is 0 Å². The molecular weight excluding hydrogens is 180 g/mol. The van der Waals surface area contributed by atoms with E-state index in [4.69, 9.17) is 0 Å². The molecule has 15 heavy (non-hydrogen) atoms. The Labute approximate surface area is 93.0 Å². The lowest BCUT2D eigenvalue weighted by atomic mass is 9.81. The zero-order chi connectivity index (χ0) is 11.0. The second kappa shape index (κ2) is 3.84. The van der Waals surface area contributed by atoms with Crippen molar-refractivity contribution >= 4 is 6.08 Å². The van der Waals surface area contributed by atoms with Crippen molar-refractivity contribution in [1.82, 2.24) is 0 Å². The van der Waals surface area contributed by atoms with Crippen LogP contribution in [0.3, 0.4) is 0 Å². The molecule has 80 valence electrons. The van der Waals surface area contributed by atoms with Crippen LogP contribution in [0, 0.1) is 11.8 Å². The van der Waals surface area contributed by atoms with Gasteiger partial charge in [0.1, 0.15) is 0 Å². The van der Waals surface area contributed by atoms with Crippen molar-refractivity contribution in [2.45, 2.75) is 33.6 Å². The van der Waals surface area contributed by atoms with Crippen molar-refractivity contribution in [3.05, 3.63) is 41.0 Å². The van der Waals surface area contributed by atoms with Gasteiger partial charge in [-0.3, -0.25) is 0 Å². The van der Waals surface area contributed by atoms with E-state index in [1.54, 1.807) is 5.57 Å². The summed E-state index contributed by atoms with van der Waals surface area (Å²) in [6.07, 6.45) is 2.39. The third kappa shape index (κ3) is 1.73. The van der Waals surface area contributed by atoms with Gasteiger partial charge in [-0.05, 0) is 23.0 Å². The highest BCUT2D eigenvalue weighted by Gasteiger charge is 2.28. The van der Waals surface area contributed by atoms with Gasteiger partial charge in [0, 0.05) is 5.92 Å². The first kappa shape index (κ1) is 10.5. The van der Waals surface area contributed by atoms with E-state index in [1.807, 2.05) is 0 Å². The molecule has 1 aromatic carbocycles. The van der Waals surface area contributed by atoms with Crippen molar-refractivity contribution in [3.63, 3.8) is 0 Å². The molecule has 0 radical (unpaired) electrons. The second-order valence-corrected chi connectivity index (χ2v) is 5.15. The van der Waals surface area contributed by atoms with E-state index in [1.165, 1.54) is 11.1 Å². The van der Waals surface area contributed by atoms with Gasteiger partial charge in [-0.2, -0.15) is 0 Å². The third-order valence-corrected chi connectivity index (χ3v) is 3.35. The highest BCUT2D eigenvalue weighted by atomic mass is 14.3. The number of allylic oxidation sites excluding steroid dienone is 1. The van der Waals surface area contributed by atoms with Gasteiger partial charge in [0.05, 0.1) is 0 Å². The molecule has 2 rings (SSSR count). The summed E-state index contributed by atoms with van der Waals surface area (Å²) in [5.74, 6) is 1.99. The smallest absolute Gasteiger partial charge is 0.00830 e. The van der Waals surface area contributed by atoms with Gasteiger partial charge in [-0.1, -0.05) is 63.6 Å². The molecule has 0 fully saturated rings. The van der Waals surface area contributed by atoms with E-state index >= 15 is 0 Å². The molecule has 0 nitrogen and oxygen atoms in total. The van der Waals surface area contributed by atoms with Gasteiger partial charge >= 0.3 is 0 Å². The lowest BCUT2D eigenvalue weighted by Gasteiger charge is -2.23. The minimum atomic E-state index is 0.640. The summed E-state index contributed by atoms with van der Waals surface area (Å²) in [7, 11) is 0. The second-order valence-electron chi connectivity index (χ2n) is 5.15. The number of benzene rings is 1. The molecule has 0 saturated carbocycles. The zero-order valence-electron chi connectivity index (χ0n) is 10.1. The monoisotopic (exact) mass is 200 g/mol. The van der Waals surface area contributed by atoms with Crippen LogP contribution in [0.25, 0.3) is 6.08 Å². The molecule has 0 saturated heterocycles. The summed E-state index contributed by atoms with van der Waals surface area (Å²) >= 11 is 0. The lowest BCUT2D eigenvalue weighted by Crippen LogP contribution is -2.10. The maximum absolute atomic E-state index is 2.39.